The minimum absolute atomic E-state index is 0.164. The minimum atomic E-state index is -4.74. The summed E-state index contributed by atoms with van der Waals surface area (Å²) in [7, 11) is -2.69. The van der Waals surface area contributed by atoms with Crippen LogP contribution in [-0.2, 0) is 11.0 Å². The molecule has 2 aromatic rings. The zero-order valence-electron chi connectivity index (χ0n) is 20.0. The lowest BCUT2D eigenvalue weighted by Crippen LogP contribution is -2.38. The molecular weight excluding hydrogens is 537 g/mol. The predicted molar refractivity (Wildman–Crippen MR) is 136 cm³/mol. The number of anilines is 2. The number of piperidine rings is 1. The van der Waals surface area contributed by atoms with Crippen molar-refractivity contribution in [3.8, 4) is 5.75 Å². The van der Waals surface area contributed by atoms with E-state index >= 15 is 0 Å². The van der Waals surface area contributed by atoms with Crippen LogP contribution < -0.4 is 20.1 Å². The van der Waals surface area contributed by atoms with Crippen molar-refractivity contribution in [1.29, 1.82) is 0 Å². The normalized spacial score (nSPS) is 17.5. The molecule has 2 unspecified atom stereocenters. The third-order valence-corrected chi connectivity index (χ3v) is 7.00. The zero-order valence-corrected chi connectivity index (χ0v) is 21.7. The summed E-state index contributed by atoms with van der Waals surface area (Å²) in [6.45, 7) is 8.90. The summed E-state index contributed by atoms with van der Waals surface area (Å²) in [5.74, 6) is -3.86. The highest BCUT2D eigenvalue weighted by Crippen LogP contribution is 2.36. The van der Waals surface area contributed by atoms with E-state index in [4.69, 9.17) is 4.74 Å². The van der Waals surface area contributed by atoms with Gasteiger partial charge in [-0.15, -0.1) is 0 Å². The van der Waals surface area contributed by atoms with Gasteiger partial charge in [0.05, 0.1) is 16.3 Å². The number of aromatic nitrogens is 2. The first-order chi connectivity index (χ1) is 17.4. The quantitative estimate of drug-likeness (QED) is 0.257. The second-order valence-corrected chi connectivity index (χ2v) is 10.7. The monoisotopic (exact) mass is 563 g/mol. The smallest absolute Gasteiger partial charge is 0.402 e. The van der Waals surface area contributed by atoms with Crippen LogP contribution >= 0.6 is 11.8 Å². The van der Waals surface area contributed by atoms with E-state index in [2.05, 4.69) is 27.2 Å². The summed E-state index contributed by atoms with van der Waals surface area (Å²) >= 11 is 1.22. The molecule has 1 aromatic carbocycles. The van der Waals surface area contributed by atoms with Crippen molar-refractivity contribution in [2.45, 2.75) is 38.9 Å². The lowest BCUT2D eigenvalue weighted by molar-refractivity contribution is -0.105. The highest BCUT2D eigenvalue weighted by atomic mass is 32.2. The second kappa shape index (κ2) is 12.7. The largest absolute Gasteiger partial charge is 0.458 e. The van der Waals surface area contributed by atoms with Gasteiger partial charge in [-0.2, -0.15) is 13.2 Å². The van der Waals surface area contributed by atoms with Gasteiger partial charge in [-0.25, -0.2) is 23.0 Å². The van der Waals surface area contributed by atoms with Gasteiger partial charge in [0.25, 0.3) is 0 Å². The van der Waals surface area contributed by atoms with Gasteiger partial charge in [0.2, 0.25) is 5.95 Å². The molecule has 0 amide bonds. The Labute approximate surface area is 218 Å². The maximum atomic E-state index is 14.7. The van der Waals surface area contributed by atoms with Crippen molar-refractivity contribution < 1.29 is 30.9 Å². The SMILES string of the molecule is C=C(C)S/C(=C(\C)Oc1cc(F)c(NS(=O)CC(F)(F)F)cc1F)c1ccnc(NC2CCCNC2)n1. The highest BCUT2D eigenvalue weighted by molar-refractivity contribution is 8.11. The maximum Gasteiger partial charge on any atom is 0.402 e. The molecule has 1 aliphatic heterocycles. The topological polar surface area (TPSA) is 88.2 Å². The van der Waals surface area contributed by atoms with Gasteiger partial charge in [-0.05, 0) is 44.2 Å². The molecule has 2 heterocycles. The Hall–Kier alpha value is -2.71. The van der Waals surface area contributed by atoms with Gasteiger partial charge >= 0.3 is 6.18 Å². The molecule has 14 heteroatoms. The maximum absolute atomic E-state index is 14.7. The number of hydrogen-bond acceptors (Lipinski definition) is 7. The standard InChI is InChI=1S/C23H26F5N5O2S2/c1-13(2)36-21(18-6-8-30-22(32-18)31-15-5-4-7-29-11-15)14(3)35-20-10-16(24)19(9-17(20)25)33-37(34)12-23(26,27)28/h6,8-10,15,29,33H,1,4-5,7,11-12H2,2-3H3,(H,30,31,32)/b21-14+. The molecule has 0 spiro atoms. The van der Waals surface area contributed by atoms with Crippen molar-refractivity contribution in [1.82, 2.24) is 15.3 Å². The Morgan fingerprint density at radius 1 is 1.30 bits per heavy atom. The third kappa shape index (κ3) is 8.97. The first-order valence-electron chi connectivity index (χ1n) is 11.1. The van der Waals surface area contributed by atoms with Crippen LogP contribution in [0.3, 0.4) is 0 Å². The number of halogens is 5. The van der Waals surface area contributed by atoms with Crippen molar-refractivity contribution in [2.24, 2.45) is 0 Å². The Morgan fingerprint density at radius 3 is 2.70 bits per heavy atom. The lowest BCUT2D eigenvalue weighted by atomic mass is 10.1. The number of benzene rings is 1. The first kappa shape index (κ1) is 28.9. The van der Waals surface area contributed by atoms with Gasteiger partial charge in [-0.1, -0.05) is 18.3 Å². The molecule has 0 bridgehead atoms. The van der Waals surface area contributed by atoms with Crippen LogP contribution in [0.1, 0.15) is 32.4 Å². The number of thioether (sulfide) groups is 1. The summed E-state index contributed by atoms with van der Waals surface area (Å²) in [6.07, 6.45) is -1.19. The van der Waals surface area contributed by atoms with Crippen LogP contribution in [0.5, 0.6) is 5.75 Å². The molecule has 3 N–H and O–H groups in total. The van der Waals surface area contributed by atoms with Crippen LogP contribution in [0.15, 0.2) is 41.6 Å². The summed E-state index contributed by atoms with van der Waals surface area (Å²) in [4.78, 5) is 9.97. The molecule has 1 aliphatic rings. The summed E-state index contributed by atoms with van der Waals surface area (Å²) in [5.41, 5.74) is -0.220. The van der Waals surface area contributed by atoms with E-state index < -0.39 is 46.0 Å². The van der Waals surface area contributed by atoms with Gasteiger partial charge < -0.3 is 20.1 Å². The molecule has 1 aromatic heterocycles. The third-order valence-electron chi connectivity index (χ3n) is 4.92. The van der Waals surface area contributed by atoms with E-state index in [9.17, 15) is 26.2 Å². The Kier molecular flexibility index (Phi) is 9.90. The Balaban J connectivity index is 1.84. The number of rotatable bonds is 10. The summed E-state index contributed by atoms with van der Waals surface area (Å²) < 4.78 is 85.4. The van der Waals surface area contributed by atoms with Gasteiger partial charge in [0.1, 0.15) is 22.5 Å². The lowest BCUT2D eigenvalue weighted by Gasteiger charge is -2.24. The predicted octanol–water partition coefficient (Wildman–Crippen LogP) is 5.59. The Bertz CT molecular complexity index is 1190. The number of nitrogens with one attached hydrogen (secondary N) is 3. The van der Waals surface area contributed by atoms with Crippen molar-refractivity contribution >= 4 is 39.3 Å². The number of alkyl halides is 3. The van der Waals surface area contributed by atoms with E-state index in [1.54, 1.807) is 19.2 Å². The molecule has 202 valence electrons. The van der Waals surface area contributed by atoms with E-state index in [0.29, 0.717) is 33.6 Å². The summed E-state index contributed by atoms with van der Waals surface area (Å²) in [6, 6.07) is 3.06. The molecular formula is C23H26F5N5O2S2. The van der Waals surface area contributed by atoms with Crippen LogP contribution in [0.2, 0.25) is 0 Å². The van der Waals surface area contributed by atoms with Crippen LogP contribution in [-0.4, -0.2) is 45.2 Å². The average Bonchev–Trinajstić information content (AvgIpc) is 2.80. The fourth-order valence-electron chi connectivity index (χ4n) is 3.39. The molecule has 3 rings (SSSR count). The molecule has 2 atom stereocenters. The highest BCUT2D eigenvalue weighted by Gasteiger charge is 2.31. The number of allylic oxidation sites excluding steroid dienone is 2. The van der Waals surface area contributed by atoms with Gasteiger partial charge in [0, 0.05) is 30.9 Å². The number of ether oxygens (including phenoxy) is 1. The van der Waals surface area contributed by atoms with E-state index in [0.717, 1.165) is 25.9 Å². The van der Waals surface area contributed by atoms with E-state index in [1.165, 1.54) is 18.7 Å². The van der Waals surface area contributed by atoms with Crippen LogP contribution in [0.25, 0.3) is 4.91 Å². The molecule has 0 radical (unpaired) electrons. The van der Waals surface area contributed by atoms with Crippen LogP contribution in [0.4, 0.5) is 33.6 Å². The molecule has 1 fully saturated rings. The molecule has 1 saturated heterocycles. The minimum Gasteiger partial charge on any atom is -0.458 e. The fraction of sp³-hybridized carbons (Fsp3) is 0.391. The zero-order chi connectivity index (χ0) is 27.2. The van der Waals surface area contributed by atoms with E-state index in [-0.39, 0.29) is 11.8 Å². The van der Waals surface area contributed by atoms with Gasteiger partial charge in [-0.3, -0.25) is 0 Å². The number of hydrogen-bond donors (Lipinski definition) is 3. The van der Waals surface area contributed by atoms with Crippen molar-refractivity contribution in [3.63, 3.8) is 0 Å². The second-order valence-electron chi connectivity index (χ2n) is 8.21. The van der Waals surface area contributed by atoms with Crippen LogP contribution in [0, 0.1) is 11.6 Å². The first-order valence-corrected chi connectivity index (χ1v) is 13.3. The van der Waals surface area contributed by atoms with Crippen molar-refractivity contribution in [2.75, 3.05) is 28.9 Å². The van der Waals surface area contributed by atoms with E-state index in [1.807, 2.05) is 4.72 Å². The molecule has 37 heavy (non-hydrogen) atoms. The molecule has 0 aliphatic carbocycles. The number of nitrogens with zero attached hydrogens (tertiary/aromatic N) is 2. The fourth-order valence-corrected chi connectivity index (χ4v) is 4.92. The Morgan fingerprint density at radius 2 is 2.05 bits per heavy atom. The molecule has 0 saturated carbocycles. The van der Waals surface area contributed by atoms with Crippen molar-refractivity contribution in [3.05, 3.63) is 59.0 Å². The van der Waals surface area contributed by atoms with Gasteiger partial charge in [0.15, 0.2) is 17.4 Å². The molecule has 7 nitrogen and oxygen atoms in total. The average molecular weight is 564 g/mol. The summed E-state index contributed by atoms with van der Waals surface area (Å²) in [5, 5.41) is 6.58.